The fourth-order valence-corrected chi connectivity index (χ4v) is 3.03. The summed E-state index contributed by atoms with van der Waals surface area (Å²) in [5, 5.41) is 14.1. The molecule has 1 saturated heterocycles. The van der Waals surface area contributed by atoms with Gasteiger partial charge in [0.15, 0.2) is 12.8 Å². The van der Waals surface area contributed by atoms with E-state index in [1.807, 2.05) is 6.07 Å². The summed E-state index contributed by atoms with van der Waals surface area (Å²) < 4.78 is 11.1. The minimum absolute atomic E-state index is 0. The van der Waals surface area contributed by atoms with Gasteiger partial charge in [-0.25, -0.2) is 0 Å². The number of hydrogen-bond donors (Lipinski definition) is 1. The van der Waals surface area contributed by atoms with E-state index in [-0.39, 0.29) is 60.1 Å². The zero-order valence-electron chi connectivity index (χ0n) is 16.4. The van der Waals surface area contributed by atoms with Gasteiger partial charge in [0.2, 0.25) is 5.91 Å². The van der Waals surface area contributed by atoms with Crippen molar-refractivity contribution in [3.63, 3.8) is 0 Å². The molecule has 2 aliphatic rings. The quantitative estimate of drug-likeness (QED) is 0.406. The summed E-state index contributed by atoms with van der Waals surface area (Å²) in [4.78, 5) is 36.8. The molecule has 0 unspecified atom stereocenters. The number of carboxylic acid groups (broad SMARTS) is 1. The molecule has 0 bridgehead atoms. The smallest absolute Gasteiger partial charge is 0.543 e. The molecule has 28 heavy (non-hydrogen) atoms. The summed E-state index contributed by atoms with van der Waals surface area (Å²) in [5.41, 5.74) is -0.822. The number of carbonyl (C=O) groups is 3. The first-order valence-corrected chi connectivity index (χ1v) is 8.60. The zero-order valence-corrected chi connectivity index (χ0v) is 18.4. The number of benzene rings is 1. The Morgan fingerprint density at radius 2 is 1.89 bits per heavy atom. The van der Waals surface area contributed by atoms with Gasteiger partial charge in [-0.2, -0.15) is 0 Å². The Kier molecular flexibility index (Phi) is 6.80. The number of fused-ring (bicyclic) bond motifs is 1. The minimum Gasteiger partial charge on any atom is -0.543 e. The van der Waals surface area contributed by atoms with E-state index in [0.717, 1.165) is 4.90 Å². The van der Waals surface area contributed by atoms with Crippen LogP contribution in [0.1, 0.15) is 20.8 Å². The summed E-state index contributed by atoms with van der Waals surface area (Å²) in [6.45, 7) is 5.22. The van der Waals surface area contributed by atoms with Crippen LogP contribution in [0.15, 0.2) is 41.8 Å². The minimum atomic E-state index is -1.45. The van der Waals surface area contributed by atoms with Crippen molar-refractivity contribution in [3.8, 4) is 5.75 Å². The molecule has 2 amide bonds. The van der Waals surface area contributed by atoms with Gasteiger partial charge in [0.05, 0.1) is 5.97 Å². The van der Waals surface area contributed by atoms with Gasteiger partial charge in [-0.3, -0.25) is 14.5 Å². The monoisotopic (exact) mass is 396 g/mol. The van der Waals surface area contributed by atoms with Crippen molar-refractivity contribution < 1.29 is 58.5 Å². The van der Waals surface area contributed by atoms with Gasteiger partial charge >= 0.3 is 29.6 Å². The summed E-state index contributed by atoms with van der Waals surface area (Å²) in [6, 6.07) is 8.88. The summed E-state index contributed by atoms with van der Waals surface area (Å²) in [5.74, 6) is -2.12. The van der Waals surface area contributed by atoms with Crippen LogP contribution in [0.5, 0.6) is 5.75 Å². The first-order valence-electron chi connectivity index (χ1n) is 8.60. The molecule has 2 atom stereocenters. The third-order valence-corrected chi connectivity index (χ3v) is 4.35. The van der Waals surface area contributed by atoms with Crippen LogP contribution in [0.3, 0.4) is 0 Å². The fourth-order valence-electron chi connectivity index (χ4n) is 3.03. The van der Waals surface area contributed by atoms with E-state index in [9.17, 15) is 19.5 Å². The van der Waals surface area contributed by atoms with Crippen molar-refractivity contribution in [1.29, 1.82) is 0 Å². The predicted molar refractivity (Wildman–Crippen MR) is 91.6 cm³/mol. The molecule has 0 spiro atoms. The number of carboxylic acids is 1. The number of nitrogens with zero attached hydrogens (tertiary/aromatic N) is 1. The first-order chi connectivity index (χ1) is 12.7. The number of nitrogens with one attached hydrogen (secondary N) is 1. The third-order valence-electron chi connectivity index (χ3n) is 4.35. The van der Waals surface area contributed by atoms with Crippen molar-refractivity contribution in [1.82, 2.24) is 10.2 Å². The Morgan fingerprint density at radius 3 is 2.46 bits per heavy atom. The second-order valence-corrected chi connectivity index (χ2v) is 7.44. The van der Waals surface area contributed by atoms with E-state index >= 15 is 0 Å². The van der Waals surface area contributed by atoms with E-state index in [4.69, 9.17) is 9.47 Å². The average Bonchev–Trinajstić information content (AvgIpc) is 2.97. The maximum Gasteiger partial charge on any atom is 1.00 e. The van der Waals surface area contributed by atoms with Crippen LogP contribution >= 0.6 is 0 Å². The predicted octanol–water partition coefficient (Wildman–Crippen LogP) is -2.99. The largest absolute Gasteiger partial charge is 1.00 e. The number of allylic oxidation sites excluding steroid dienone is 1. The number of aliphatic carboxylic acids is 1. The topological polar surface area (TPSA) is 108 Å². The van der Waals surface area contributed by atoms with Gasteiger partial charge in [-0.05, 0) is 12.1 Å². The van der Waals surface area contributed by atoms with Crippen LogP contribution in [0.25, 0.3) is 0 Å². The Hall–Kier alpha value is -2.03. The van der Waals surface area contributed by atoms with Crippen LogP contribution < -0.4 is 44.7 Å². The van der Waals surface area contributed by atoms with E-state index in [1.54, 1.807) is 45.0 Å². The Morgan fingerprint density at radius 1 is 1.25 bits per heavy atom. The number of β-lactam (4-membered cyclic amide) rings is 1. The SMILES string of the molecule is CC(C)(C)C1=C(C(=O)[O-])N2C(=O)[C@H](CNC(=O)COc3ccccc3)[C@H]2O1.[Na+]. The molecule has 0 saturated carbocycles. The molecule has 3 rings (SSSR count). The van der Waals surface area contributed by atoms with Crippen LogP contribution in [0.2, 0.25) is 0 Å². The number of ether oxygens (including phenoxy) is 2. The number of rotatable bonds is 6. The van der Waals surface area contributed by atoms with Crippen molar-refractivity contribution >= 4 is 17.8 Å². The van der Waals surface area contributed by atoms with E-state index in [1.165, 1.54) is 0 Å². The molecule has 1 aromatic rings. The maximum atomic E-state index is 12.4. The van der Waals surface area contributed by atoms with Crippen molar-refractivity contribution in [2.24, 2.45) is 11.3 Å². The van der Waals surface area contributed by atoms with Gasteiger partial charge in [0, 0.05) is 12.0 Å². The second kappa shape index (κ2) is 8.55. The molecular weight excluding hydrogens is 375 g/mol. The van der Waals surface area contributed by atoms with Crippen LogP contribution in [0.4, 0.5) is 0 Å². The fraction of sp³-hybridized carbons (Fsp3) is 0.421. The van der Waals surface area contributed by atoms with Gasteiger partial charge in [0.25, 0.3) is 5.91 Å². The molecule has 8 nitrogen and oxygen atoms in total. The standard InChI is InChI=1S/C19H22N2O6.Na/c1-19(2,3)15-14(18(24)25)21-16(23)12(17(21)27-15)9-20-13(22)10-26-11-7-5-4-6-8-11;/h4-8,12,17H,9-10H2,1-3H3,(H,20,22)(H,24,25);/q;+1/p-1/t12-,17+;/m0./s1. The zero-order chi connectivity index (χ0) is 19.8. The molecule has 0 radical (unpaired) electrons. The summed E-state index contributed by atoms with van der Waals surface area (Å²) in [6.07, 6.45) is -0.741. The molecule has 144 valence electrons. The van der Waals surface area contributed by atoms with Crippen LogP contribution in [-0.2, 0) is 19.1 Å². The molecule has 1 N–H and O–H groups in total. The van der Waals surface area contributed by atoms with E-state index in [0.29, 0.717) is 5.75 Å². The molecular formula is C19H21N2NaO6. The molecule has 0 aliphatic carbocycles. The maximum absolute atomic E-state index is 12.4. The van der Waals surface area contributed by atoms with E-state index < -0.39 is 29.4 Å². The average molecular weight is 396 g/mol. The van der Waals surface area contributed by atoms with Crippen molar-refractivity contribution in [2.45, 2.75) is 27.0 Å². The van der Waals surface area contributed by atoms with Gasteiger partial charge in [-0.1, -0.05) is 39.0 Å². The van der Waals surface area contributed by atoms with Crippen molar-refractivity contribution in [2.75, 3.05) is 13.2 Å². The third kappa shape index (κ3) is 4.34. The molecule has 2 aliphatic heterocycles. The molecule has 2 heterocycles. The molecule has 0 aromatic heterocycles. The van der Waals surface area contributed by atoms with Gasteiger partial charge in [0.1, 0.15) is 23.1 Å². The van der Waals surface area contributed by atoms with Gasteiger partial charge in [-0.15, -0.1) is 0 Å². The number of hydrogen-bond acceptors (Lipinski definition) is 6. The van der Waals surface area contributed by atoms with Crippen LogP contribution in [0, 0.1) is 11.3 Å². The Labute approximate surface area is 185 Å². The molecule has 9 heteroatoms. The van der Waals surface area contributed by atoms with Crippen molar-refractivity contribution in [3.05, 3.63) is 41.8 Å². The summed E-state index contributed by atoms with van der Waals surface area (Å²) >= 11 is 0. The normalized spacial score (nSPS) is 20.5. The van der Waals surface area contributed by atoms with E-state index in [2.05, 4.69) is 5.32 Å². The molecule has 1 aromatic carbocycles. The number of amides is 2. The summed E-state index contributed by atoms with van der Waals surface area (Å²) in [7, 11) is 0. The molecule has 1 fully saturated rings. The first kappa shape index (κ1) is 22.3. The Bertz CT molecular complexity index is 802. The number of carbonyl (C=O) groups excluding carboxylic acids is 3. The second-order valence-electron chi connectivity index (χ2n) is 7.44. The Balaban J connectivity index is 0.00000280. The number of para-hydroxylation sites is 1. The van der Waals surface area contributed by atoms with Gasteiger partial charge < -0.3 is 24.7 Å². The van der Waals surface area contributed by atoms with Crippen LogP contribution in [-0.4, -0.2) is 42.1 Å².